The molecule has 0 amide bonds. The number of carbonyl (C=O) groups is 1. The van der Waals surface area contributed by atoms with Crippen LogP contribution >= 0.6 is 22.9 Å². The van der Waals surface area contributed by atoms with E-state index < -0.39 is 0 Å². The molecule has 128 valence electrons. The van der Waals surface area contributed by atoms with Crippen LogP contribution in [0.2, 0.25) is 5.02 Å². The number of likely N-dealkylation sites (N-methyl/N-ethyl adjacent to an activating group) is 1. The highest BCUT2D eigenvalue weighted by atomic mass is 35.5. The van der Waals surface area contributed by atoms with Crippen molar-refractivity contribution in [3.8, 4) is 11.1 Å². The van der Waals surface area contributed by atoms with Gasteiger partial charge in [0.15, 0.2) is 5.78 Å². The van der Waals surface area contributed by atoms with Crippen molar-refractivity contribution in [1.29, 1.82) is 0 Å². The van der Waals surface area contributed by atoms with Crippen molar-refractivity contribution in [3.05, 3.63) is 45.4 Å². The molecule has 0 unspecified atom stereocenters. The Morgan fingerprint density at radius 1 is 1.32 bits per heavy atom. The number of rotatable bonds is 2. The Hall–Kier alpha value is -1.95. The highest BCUT2D eigenvalue weighted by Crippen LogP contribution is 2.43. The molecular weight excluding hydrogens is 354 g/mol. The number of Topliss-reactive ketones (excluding diaryl/α,β-unsaturated/α-hetero) is 1. The smallest absolute Gasteiger partial charge is 0.171 e. The van der Waals surface area contributed by atoms with Crippen molar-refractivity contribution >= 4 is 44.6 Å². The zero-order chi connectivity index (χ0) is 17.7. The molecule has 0 fully saturated rings. The average molecular weight is 372 g/mol. The number of ketones is 1. The average Bonchev–Trinajstić information content (AvgIpc) is 2.91. The molecule has 1 aromatic carbocycles. The van der Waals surface area contributed by atoms with E-state index in [9.17, 15) is 4.79 Å². The molecule has 3 heterocycles. The third kappa shape index (κ3) is 2.72. The summed E-state index contributed by atoms with van der Waals surface area (Å²) in [5.41, 5.74) is 11.4. The van der Waals surface area contributed by atoms with E-state index in [2.05, 4.69) is 11.9 Å². The third-order valence-corrected chi connectivity index (χ3v) is 6.13. The Morgan fingerprint density at radius 3 is 2.72 bits per heavy atom. The SMILES string of the molecule is CC(=O)c1sc2nc3c(c(-c4ccc(Cl)cc4)c2c1N)CN(C)CC3. The summed E-state index contributed by atoms with van der Waals surface area (Å²) < 4.78 is 0. The number of anilines is 1. The lowest BCUT2D eigenvalue weighted by molar-refractivity contribution is 0.102. The van der Waals surface area contributed by atoms with Gasteiger partial charge in [-0.25, -0.2) is 4.98 Å². The maximum absolute atomic E-state index is 12.0. The molecule has 1 aliphatic heterocycles. The maximum Gasteiger partial charge on any atom is 0.171 e. The molecule has 0 saturated carbocycles. The quantitative estimate of drug-likeness (QED) is 0.679. The molecule has 0 spiro atoms. The van der Waals surface area contributed by atoms with Crippen LogP contribution in [0.5, 0.6) is 0 Å². The lowest BCUT2D eigenvalue weighted by Crippen LogP contribution is -2.27. The topological polar surface area (TPSA) is 59.2 Å². The summed E-state index contributed by atoms with van der Waals surface area (Å²) >= 11 is 7.47. The van der Waals surface area contributed by atoms with Gasteiger partial charge in [-0.1, -0.05) is 23.7 Å². The summed E-state index contributed by atoms with van der Waals surface area (Å²) in [7, 11) is 2.11. The van der Waals surface area contributed by atoms with E-state index in [-0.39, 0.29) is 5.78 Å². The Balaban J connectivity index is 2.10. The molecule has 6 heteroatoms. The summed E-state index contributed by atoms with van der Waals surface area (Å²) in [5, 5.41) is 1.59. The molecule has 2 N–H and O–H groups in total. The van der Waals surface area contributed by atoms with Crippen LogP contribution in [0.25, 0.3) is 21.3 Å². The Bertz CT molecular complexity index is 994. The molecule has 0 aliphatic carbocycles. The van der Waals surface area contributed by atoms with Crippen molar-refractivity contribution < 1.29 is 4.79 Å². The second-order valence-electron chi connectivity index (χ2n) is 6.49. The minimum atomic E-state index is -0.0161. The number of aromatic nitrogens is 1. The van der Waals surface area contributed by atoms with Gasteiger partial charge in [0, 0.05) is 48.1 Å². The third-order valence-electron chi connectivity index (χ3n) is 4.67. The van der Waals surface area contributed by atoms with Crippen LogP contribution in [-0.2, 0) is 13.0 Å². The van der Waals surface area contributed by atoms with Crippen molar-refractivity contribution in [2.24, 2.45) is 0 Å². The first-order valence-electron chi connectivity index (χ1n) is 8.15. The van der Waals surface area contributed by atoms with Crippen LogP contribution in [-0.4, -0.2) is 29.3 Å². The van der Waals surface area contributed by atoms with Gasteiger partial charge in [-0.05, 0) is 30.3 Å². The van der Waals surface area contributed by atoms with E-state index in [1.165, 1.54) is 16.9 Å². The number of hydrogen-bond donors (Lipinski definition) is 1. The zero-order valence-corrected chi connectivity index (χ0v) is 15.7. The van der Waals surface area contributed by atoms with Gasteiger partial charge in [-0.2, -0.15) is 0 Å². The number of hydrogen-bond acceptors (Lipinski definition) is 5. The summed E-state index contributed by atoms with van der Waals surface area (Å²) in [6.07, 6.45) is 0.898. The van der Waals surface area contributed by atoms with Gasteiger partial charge in [-0.15, -0.1) is 11.3 Å². The highest BCUT2D eigenvalue weighted by Gasteiger charge is 2.26. The zero-order valence-electron chi connectivity index (χ0n) is 14.1. The molecule has 0 bridgehead atoms. The minimum Gasteiger partial charge on any atom is -0.397 e. The van der Waals surface area contributed by atoms with E-state index in [1.54, 1.807) is 6.92 Å². The largest absolute Gasteiger partial charge is 0.397 e. The monoisotopic (exact) mass is 371 g/mol. The fourth-order valence-electron chi connectivity index (χ4n) is 3.46. The minimum absolute atomic E-state index is 0.0161. The van der Waals surface area contributed by atoms with Crippen LogP contribution < -0.4 is 5.73 Å². The first kappa shape index (κ1) is 16.5. The van der Waals surface area contributed by atoms with Crippen molar-refractivity contribution in [2.75, 3.05) is 19.3 Å². The van der Waals surface area contributed by atoms with E-state index in [0.29, 0.717) is 15.6 Å². The second kappa shape index (κ2) is 6.09. The number of nitrogens with zero attached hydrogens (tertiary/aromatic N) is 2. The maximum atomic E-state index is 12.0. The number of nitrogen functional groups attached to an aromatic ring is 1. The molecular formula is C19H18ClN3OS. The Labute approximate surface area is 155 Å². The van der Waals surface area contributed by atoms with Gasteiger partial charge in [0.1, 0.15) is 4.83 Å². The van der Waals surface area contributed by atoms with E-state index in [4.69, 9.17) is 22.3 Å². The van der Waals surface area contributed by atoms with Crippen molar-refractivity contribution in [1.82, 2.24) is 9.88 Å². The second-order valence-corrected chi connectivity index (χ2v) is 7.92. The van der Waals surface area contributed by atoms with Gasteiger partial charge < -0.3 is 10.6 Å². The van der Waals surface area contributed by atoms with E-state index in [1.807, 2.05) is 24.3 Å². The first-order chi connectivity index (χ1) is 12.0. The van der Waals surface area contributed by atoms with Crippen LogP contribution in [0.3, 0.4) is 0 Å². The fraction of sp³-hybridized carbons (Fsp3) is 0.263. The summed E-state index contributed by atoms with van der Waals surface area (Å²) in [6.45, 7) is 3.35. The van der Waals surface area contributed by atoms with E-state index in [0.717, 1.165) is 46.5 Å². The molecule has 4 nitrogen and oxygen atoms in total. The van der Waals surface area contributed by atoms with Crippen molar-refractivity contribution in [3.63, 3.8) is 0 Å². The number of benzene rings is 1. The number of carbonyl (C=O) groups excluding carboxylic acids is 1. The lowest BCUT2D eigenvalue weighted by Gasteiger charge is -2.27. The van der Waals surface area contributed by atoms with Gasteiger partial charge in [0.05, 0.1) is 10.6 Å². The normalized spacial score (nSPS) is 14.7. The molecule has 0 atom stereocenters. The Morgan fingerprint density at radius 2 is 2.04 bits per heavy atom. The van der Waals surface area contributed by atoms with Gasteiger partial charge in [-0.3, -0.25) is 4.79 Å². The standard InChI is InChI=1S/C19H18ClN3OS/c1-10(24)18-17(21)16-15(11-3-5-12(20)6-4-11)13-9-23(2)8-7-14(13)22-19(16)25-18/h3-6H,7-9,21H2,1-2H3. The molecule has 0 radical (unpaired) electrons. The summed E-state index contributed by atoms with van der Waals surface area (Å²) in [6, 6.07) is 7.79. The summed E-state index contributed by atoms with van der Waals surface area (Å²) in [4.78, 5) is 20.5. The predicted octanol–water partition coefficient (Wildman–Crippen LogP) is 4.39. The number of pyridine rings is 1. The number of nitrogens with two attached hydrogens (primary N) is 1. The Kier molecular flexibility index (Phi) is 4.02. The first-order valence-corrected chi connectivity index (χ1v) is 9.34. The molecule has 0 saturated heterocycles. The van der Waals surface area contributed by atoms with Crippen LogP contribution in [0.1, 0.15) is 27.9 Å². The number of fused-ring (bicyclic) bond motifs is 2. The molecule has 2 aromatic heterocycles. The molecule has 1 aliphatic rings. The fourth-order valence-corrected chi connectivity index (χ4v) is 4.60. The van der Waals surface area contributed by atoms with Gasteiger partial charge in [0.25, 0.3) is 0 Å². The molecule has 4 rings (SSSR count). The van der Waals surface area contributed by atoms with Gasteiger partial charge in [0.2, 0.25) is 0 Å². The summed E-state index contributed by atoms with van der Waals surface area (Å²) in [5.74, 6) is -0.0161. The van der Waals surface area contributed by atoms with Crippen LogP contribution in [0.4, 0.5) is 5.69 Å². The van der Waals surface area contributed by atoms with Crippen molar-refractivity contribution in [2.45, 2.75) is 19.9 Å². The number of thiophene rings is 1. The van der Waals surface area contributed by atoms with Gasteiger partial charge >= 0.3 is 0 Å². The highest BCUT2D eigenvalue weighted by molar-refractivity contribution is 7.21. The van der Waals surface area contributed by atoms with Crippen LogP contribution in [0, 0.1) is 0 Å². The number of halogens is 1. The van der Waals surface area contributed by atoms with Crippen LogP contribution in [0.15, 0.2) is 24.3 Å². The lowest BCUT2D eigenvalue weighted by atomic mass is 9.92. The predicted molar refractivity (Wildman–Crippen MR) is 105 cm³/mol. The molecule has 3 aromatic rings. The molecule has 25 heavy (non-hydrogen) atoms. The van der Waals surface area contributed by atoms with E-state index >= 15 is 0 Å².